The molecule has 1 fully saturated rings. The molecular formula is C29H26F2N8O2. The summed E-state index contributed by atoms with van der Waals surface area (Å²) in [6.45, 7) is 8.39. The average Bonchev–Trinajstić information content (AvgIpc) is 3.45. The lowest BCUT2D eigenvalue weighted by atomic mass is 10.1. The van der Waals surface area contributed by atoms with Crippen LogP contribution in [0, 0.1) is 18.6 Å². The van der Waals surface area contributed by atoms with Crippen molar-refractivity contribution in [3.05, 3.63) is 85.1 Å². The van der Waals surface area contributed by atoms with E-state index in [0.29, 0.717) is 48.0 Å². The zero-order chi connectivity index (χ0) is 28.7. The Bertz CT molecular complexity index is 1810. The molecular weight excluding hydrogens is 530 g/mol. The van der Waals surface area contributed by atoms with Gasteiger partial charge in [-0.2, -0.15) is 5.10 Å². The maximum atomic E-state index is 16.1. The van der Waals surface area contributed by atoms with E-state index in [9.17, 15) is 4.79 Å². The van der Waals surface area contributed by atoms with Gasteiger partial charge in [-0.3, -0.25) is 4.79 Å². The largest absolute Gasteiger partial charge is 0.457 e. The number of benzene rings is 2. The topological polar surface area (TPSA) is 101 Å². The lowest BCUT2D eigenvalue weighted by Gasteiger charge is -2.40. The molecule has 41 heavy (non-hydrogen) atoms. The Hall–Kier alpha value is -5.13. The molecule has 0 spiro atoms. The maximum absolute atomic E-state index is 16.1. The molecule has 0 unspecified atom stereocenters. The number of nitrogens with zero attached hydrogens (tertiary/aromatic N) is 7. The highest BCUT2D eigenvalue weighted by atomic mass is 19.1. The normalized spacial score (nSPS) is 15.4. The van der Waals surface area contributed by atoms with Crippen LogP contribution in [0.25, 0.3) is 16.6 Å². The SMILES string of the molecule is C=CC(=O)N1CCN(c2ccc3ncnc(Nc4ccc(Oc5ccn6ncnc6c5)c(C)c4F)c3c2F)C[C@H]1C. The van der Waals surface area contributed by atoms with Crippen LogP contribution in [0.5, 0.6) is 11.5 Å². The minimum atomic E-state index is -0.564. The minimum Gasteiger partial charge on any atom is -0.457 e. The summed E-state index contributed by atoms with van der Waals surface area (Å²) < 4.78 is 39.1. The van der Waals surface area contributed by atoms with Gasteiger partial charge in [-0.05, 0) is 50.3 Å². The molecule has 0 bridgehead atoms. The third-order valence-corrected chi connectivity index (χ3v) is 7.22. The van der Waals surface area contributed by atoms with Crippen molar-refractivity contribution in [1.29, 1.82) is 0 Å². The number of fused-ring (bicyclic) bond motifs is 2. The summed E-state index contributed by atoms with van der Waals surface area (Å²) in [7, 11) is 0. The van der Waals surface area contributed by atoms with Crippen molar-refractivity contribution in [3.63, 3.8) is 0 Å². The Kier molecular flexibility index (Phi) is 6.66. The molecule has 1 aliphatic rings. The third kappa shape index (κ3) is 4.77. The number of hydrogen-bond acceptors (Lipinski definition) is 8. The van der Waals surface area contributed by atoms with Crippen molar-refractivity contribution in [2.75, 3.05) is 29.9 Å². The molecule has 1 amide bonds. The zero-order valence-corrected chi connectivity index (χ0v) is 22.4. The first-order valence-corrected chi connectivity index (χ1v) is 13.0. The van der Waals surface area contributed by atoms with Gasteiger partial charge in [0.05, 0.1) is 22.3 Å². The number of ether oxygens (including phenoxy) is 1. The number of halogens is 2. The number of carbonyl (C=O) groups excluding carboxylic acids is 1. The molecule has 1 saturated heterocycles. The Labute approximate surface area is 233 Å². The quantitative estimate of drug-likeness (QED) is 0.291. The zero-order valence-electron chi connectivity index (χ0n) is 22.4. The highest BCUT2D eigenvalue weighted by molar-refractivity contribution is 5.94. The number of rotatable bonds is 6. The number of amides is 1. The predicted molar refractivity (Wildman–Crippen MR) is 151 cm³/mol. The highest BCUT2D eigenvalue weighted by Crippen LogP contribution is 2.35. The van der Waals surface area contributed by atoms with Gasteiger partial charge in [-0.25, -0.2) is 28.2 Å². The monoisotopic (exact) mass is 556 g/mol. The summed E-state index contributed by atoms with van der Waals surface area (Å²) in [6, 6.07) is 9.78. The molecule has 0 saturated carbocycles. The standard InChI is InChI=1S/C29H26F2N8O2/c1-4-25(40)38-12-11-37(14-17(38)2)22-7-5-20-26(28(22)31)29(34-15-32-20)36-21-6-8-23(18(3)27(21)30)41-19-9-10-39-24(13-19)33-16-35-39/h4-10,13,15-17H,1,11-12,14H2,2-3H3,(H,32,34,36)/t17-/m1/s1. The Morgan fingerprint density at radius 1 is 1.10 bits per heavy atom. The van der Waals surface area contributed by atoms with E-state index in [4.69, 9.17) is 4.74 Å². The van der Waals surface area contributed by atoms with E-state index < -0.39 is 11.6 Å². The number of pyridine rings is 1. The van der Waals surface area contributed by atoms with Crippen molar-refractivity contribution >= 4 is 39.6 Å². The number of carbonyl (C=O) groups is 1. The summed E-state index contributed by atoms with van der Waals surface area (Å²) in [5, 5.41) is 7.14. The van der Waals surface area contributed by atoms with Gasteiger partial charge in [-0.15, -0.1) is 0 Å². The van der Waals surface area contributed by atoms with E-state index in [1.807, 2.05) is 11.8 Å². The van der Waals surface area contributed by atoms with Gasteiger partial charge in [0, 0.05) is 43.5 Å². The van der Waals surface area contributed by atoms with E-state index in [2.05, 4.69) is 31.9 Å². The van der Waals surface area contributed by atoms with Crippen molar-refractivity contribution in [3.8, 4) is 11.5 Å². The van der Waals surface area contributed by atoms with Crippen LogP contribution in [0.1, 0.15) is 12.5 Å². The molecule has 208 valence electrons. The molecule has 1 N–H and O–H groups in total. The van der Waals surface area contributed by atoms with Crippen molar-refractivity contribution in [2.45, 2.75) is 19.9 Å². The number of nitrogens with one attached hydrogen (secondary N) is 1. The Morgan fingerprint density at radius 2 is 1.95 bits per heavy atom. The first-order chi connectivity index (χ1) is 19.8. The fourth-order valence-corrected chi connectivity index (χ4v) is 5.05. The van der Waals surface area contributed by atoms with Crippen LogP contribution >= 0.6 is 0 Å². The fraction of sp³-hybridized carbons (Fsp3) is 0.207. The van der Waals surface area contributed by atoms with Crippen LogP contribution < -0.4 is 15.0 Å². The summed E-state index contributed by atoms with van der Waals surface area (Å²) in [6.07, 6.45) is 5.72. The lowest BCUT2D eigenvalue weighted by molar-refractivity contribution is -0.128. The molecule has 4 heterocycles. The van der Waals surface area contributed by atoms with E-state index >= 15 is 8.78 Å². The molecule has 1 aliphatic heterocycles. The van der Waals surface area contributed by atoms with E-state index in [0.717, 1.165) is 0 Å². The average molecular weight is 557 g/mol. The van der Waals surface area contributed by atoms with Crippen LogP contribution in [-0.2, 0) is 4.79 Å². The molecule has 5 aromatic rings. The molecule has 12 heteroatoms. The van der Waals surface area contributed by atoms with Gasteiger partial charge in [0.2, 0.25) is 5.91 Å². The highest BCUT2D eigenvalue weighted by Gasteiger charge is 2.28. The summed E-state index contributed by atoms with van der Waals surface area (Å²) in [4.78, 5) is 28.3. The van der Waals surface area contributed by atoms with Crippen LogP contribution in [0.4, 0.5) is 26.0 Å². The number of piperazine rings is 1. The summed E-state index contributed by atoms with van der Waals surface area (Å²) in [5.41, 5.74) is 1.70. The van der Waals surface area contributed by atoms with Crippen LogP contribution in [0.15, 0.2) is 67.9 Å². The fourth-order valence-electron chi connectivity index (χ4n) is 5.05. The second-order valence-electron chi connectivity index (χ2n) is 9.75. The molecule has 2 aromatic carbocycles. The van der Waals surface area contributed by atoms with Crippen molar-refractivity contribution in [1.82, 2.24) is 29.5 Å². The van der Waals surface area contributed by atoms with Crippen molar-refractivity contribution < 1.29 is 18.3 Å². The van der Waals surface area contributed by atoms with Gasteiger partial charge >= 0.3 is 0 Å². The van der Waals surface area contributed by atoms with Gasteiger partial charge < -0.3 is 19.9 Å². The Balaban J connectivity index is 1.28. The first kappa shape index (κ1) is 26.1. The Morgan fingerprint density at radius 3 is 2.76 bits per heavy atom. The van der Waals surface area contributed by atoms with Gasteiger partial charge in [-0.1, -0.05) is 6.58 Å². The van der Waals surface area contributed by atoms with Gasteiger partial charge in [0.1, 0.15) is 30.0 Å². The van der Waals surface area contributed by atoms with Gasteiger partial charge in [0.25, 0.3) is 0 Å². The second-order valence-corrected chi connectivity index (χ2v) is 9.75. The second kappa shape index (κ2) is 10.5. The van der Waals surface area contributed by atoms with Gasteiger partial charge in [0.15, 0.2) is 17.3 Å². The van der Waals surface area contributed by atoms with Crippen LogP contribution in [0.2, 0.25) is 0 Å². The summed E-state index contributed by atoms with van der Waals surface area (Å²) in [5.74, 6) is -0.308. The predicted octanol–water partition coefficient (Wildman–Crippen LogP) is 5.02. The smallest absolute Gasteiger partial charge is 0.246 e. The molecule has 10 nitrogen and oxygen atoms in total. The van der Waals surface area contributed by atoms with E-state index in [1.54, 1.807) is 52.9 Å². The number of anilines is 3. The lowest BCUT2D eigenvalue weighted by Crippen LogP contribution is -2.53. The molecule has 0 radical (unpaired) electrons. The van der Waals surface area contributed by atoms with E-state index in [-0.39, 0.29) is 34.4 Å². The van der Waals surface area contributed by atoms with E-state index in [1.165, 1.54) is 24.8 Å². The van der Waals surface area contributed by atoms with Crippen LogP contribution in [-0.4, -0.2) is 61.0 Å². The molecule has 6 rings (SSSR count). The molecule has 3 aromatic heterocycles. The molecule has 0 aliphatic carbocycles. The third-order valence-electron chi connectivity index (χ3n) is 7.22. The maximum Gasteiger partial charge on any atom is 0.246 e. The summed E-state index contributed by atoms with van der Waals surface area (Å²) >= 11 is 0. The number of hydrogen-bond donors (Lipinski definition) is 1. The molecule has 1 atom stereocenters. The van der Waals surface area contributed by atoms with Crippen molar-refractivity contribution in [2.24, 2.45) is 0 Å². The number of aromatic nitrogens is 5. The minimum absolute atomic E-state index is 0.109. The van der Waals surface area contributed by atoms with Crippen LogP contribution in [0.3, 0.4) is 0 Å². The first-order valence-electron chi connectivity index (χ1n) is 13.0.